The summed E-state index contributed by atoms with van der Waals surface area (Å²) in [6, 6.07) is 0. The highest BCUT2D eigenvalue weighted by Gasteiger charge is 2.68. The molecule has 2 unspecified atom stereocenters. The highest BCUT2D eigenvalue weighted by Crippen LogP contribution is 2.57. The number of rotatable bonds is 30. The maximum Gasteiger partial charge on any atom is 0.472 e. The number of nitrogens with one attached hydrogen (secondary N) is 1. The van der Waals surface area contributed by atoms with Gasteiger partial charge in [0.05, 0.1) is 26.1 Å². The molecule has 2 N–H and O–H groups in total. The molecule has 0 bridgehead atoms. The van der Waals surface area contributed by atoms with E-state index in [1.165, 1.54) is 62.3 Å². The molecule has 1 saturated heterocycles. The van der Waals surface area contributed by atoms with Crippen LogP contribution in [0, 0.1) is 0 Å². The monoisotopic (exact) mass is 760 g/mol. The molecule has 0 radical (unpaired) electrons. The Kier molecular flexibility index (Phi) is 21.8. The average Bonchev–Trinajstić information content (AvgIpc) is 3.79. The minimum absolute atomic E-state index is 0.0274. The van der Waals surface area contributed by atoms with Gasteiger partial charge in [0.25, 0.3) is 5.92 Å². The van der Waals surface area contributed by atoms with E-state index in [0.29, 0.717) is 5.57 Å². The lowest BCUT2D eigenvalue weighted by Gasteiger charge is -2.26. The van der Waals surface area contributed by atoms with Crippen molar-refractivity contribution < 1.29 is 51.1 Å². The molecule has 1 spiro atoms. The van der Waals surface area contributed by atoms with Gasteiger partial charge in [0.2, 0.25) is 5.91 Å². The number of hydrogen-bond acceptors (Lipinski definition) is 9. The van der Waals surface area contributed by atoms with Crippen LogP contribution in [0.4, 0.5) is 8.78 Å². The highest BCUT2D eigenvalue weighted by molar-refractivity contribution is 7.47. The number of allylic oxidation sites excluding steroid dienone is 2. The molecule has 1 fully saturated rings. The number of likely N-dealkylation sites (N-methyl/N-ethyl adjacent to an activating group) is 1. The first-order chi connectivity index (χ1) is 24.9. The first-order valence-electron chi connectivity index (χ1n) is 19.2. The molecule has 1 aliphatic heterocycles. The molecule has 2 rings (SSSR count). The third kappa shape index (κ3) is 17.6. The van der Waals surface area contributed by atoms with Crippen LogP contribution in [0.2, 0.25) is 0 Å². The van der Waals surface area contributed by atoms with Crippen LogP contribution in [-0.2, 0) is 37.5 Å². The number of ether oxygens (including phenoxy) is 2. The van der Waals surface area contributed by atoms with E-state index in [4.69, 9.17) is 18.5 Å². The van der Waals surface area contributed by atoms with Gasteiger partial charge in [0.1, 0.15) is 12.1 Å². The second kappa shape index (κ2) is 24.8. The van der Waals surface area contributed by atoms with Crippen LogP contribution in [0.1, 0.15) is 129 Å². The number of esters is 2. The lowest BCUT2D eigenvalue weighted by atomic mass is 10.0. The van der Waals surface area contributed by atoms with Gasteiger partial charge in [-0.15, -0.1) is 0 Å². The molecule has 14 heteroatoms. The van der Waals surface area contributed by atoms with Gasteiger partial charge < -0.3 is 19.7 Å². The maximum absolute atomic E-state index is 14.3. The quantitative estimate of drug-likeness (QED) is 0.0319. The van der Waals surface area contributed by atoms with Crippen LogP contribution in [0.5, 0.6) is 0 Å². The van der Waals surface area contributed by atoms with E-state index in [2.05, 4.69) is 19.2 Å². The Morgan fingerprint density at radius 2 is 1.46 bits per heavy atom. The molecule has 1 heterocycles. The molecular formula is C38H63F2N2O9P. The summed E-state index contributed by atoms with van der Waals surface area (Å²) in [4.78, 5) is 48.9. The number of amides is 1. The van der Waals surface area contributed by atoms with Crippen LogP contribution in [-0.4, -0.2) is 85.2 Å². The van der Waals surface area contributed by atoms with Crippen LogP contribution in [0.3, 0.4) is 0 Å². The van der Waals surface area contributed by atoms with Gasteiger partial charge in [-0.05, 0) is 38.3 Å². The zero-order valence-corrected chi connectivity index (χ0v) is 32.5. The maximum atomic E-state index is 14.3. The summed E-state index contributed by atoms with van der Waals surface area (Å²) in [5.74, 6) is -4.62. The molecule has 0 saturated carbocycles. The fraction of sp³-hybridized carbons (Fsp3) is 0.763. The van der Waals surface area contributed by atoms with Gasteiger partial charge in [-0.25, -0.2) is 13.3 Å². The summed E-state index contributed by atoms with van der Waals surface area (Å²) in [6.07, 6.45) is 22.8. The second-order valence-corrected chi connectivity index (χ2v) is 15.1. The second-order valence-electron chi connectivity index (χ2n) is 13.7. The predicted octanol–water partition coefficient (Wildman–Crippen LogP) is 8.12. The summed E-state index contributed by atoms with van der Waals surface area (Å²) in [5, 5.41) is 2.49. The summed E-state index contributed by atoms with van der Waals surface area (Å²) < 4.78 is 61.9. The normalized spacial score (nSPS) is 19.9. The van der Waals surface area contributed by atoms with Crippen molar-refractivity contribution in [2.75, 3.05) is 40.0 Å². The number of halogens is 2. The largest absolute Gasteiger partial charge is 0.472 e. The van der Waals surface area contributed by atoms with Gasteiger partial charge in [0.15, 0.2) is 6.10 Å². The number of phosphoric ester groups is 1. The smallest absolute Gasteiger partial charge is 0.461 e. The highest BCUT2D eigenvalue weighted by atomic mass is 31.2. The first-order valence-corrected chi connectivity index (χ1v) is 20.7. The van der Waals surface area contributed by atoms with E-state index < -0.39 is 56.4 Å². The number of likely N-dealkylation sites (tertiary alicyclic amines) is 1. The van der Waals surface area contributed by atoms with Crippen molar-refractivity contribution in [3.05, 3.63) is 36.0 Å². The molecule has 1 amide bonds. The lowest BCUT2D eigenvalue weighted by Crippen LogP contribution is -2.43. The summed E-state index contributed by atoms with van der Waals surface area (Å²) in [7, 11) is -3.07. The zero-order valence-electron chi connectivity index (χ0n) is 31.6. The van der Waals surface area contributed by atoms with E-state index >= 15 is 0 Å². The van der Waals surface area contributed by atoms with E-state index in [0.717, 1.165) is 38.5 Å². The Balaban J connectivity index is 1.76. The van der Waals surface area contributed by atoms with Gasteiger partial charge >= 0.3 is 19.8 Å². The van der Waals surface area contributed by atoms with E-state index in [1.54, 1.807) is 19.2 Å². The first kappa shape index (κ1) is 45.7. The Bertz CT molecular complexity index is 1230. The molecule has 298 valence electrons. The molecule has 2 aliphatic rings. The minimum Gasteiger partial charge on any atom is -0.461 e. The lowest BCUT2D eigenvalue weighted by molar-refractivity contribution is -0.160. The summed E-state index contributed by atoms with van der Waals surface area (Å²) in [6.45, 7) is 3.02. The van der Waals surface area contributed by atoms with Gasteiger partial charge in [0, 0.05) is 25.9 Å². The van der Waals surface area contributed by atoms with E-state index in [1.807, 2.05) is 12.2 Å². The average molecular weight is 761 g/mol. The van der Waals surface area contributed by atoms with Crippen molar-refractivity contribution in [2.24, 2.45) is 0 Å². The van der Waals surface area contributed by atoms with Crippen molar-refractivity contribution in [3.63, 3.8) is 0 Å². The van der Waals surface area contributed by atoms with Crippen molar-refractivity contribution >= 4 is 25.7 Å². The van der Waals surface area contributed by atoms with E-state index in [-0.39, 0.29) is 45.4 Å². The van der Waals surface area contributed by atoms with Crippen LogP contribution in [0.25, 0.3) is 0 Å². The Morgan fingerprint density at radius 1 is 0.885 bits per heavy atom. The molecule has 0 aromatic rings. The minimum atomic E-state index is -4.67. The molecule has 1 aliphatic carbocycles. The number of carbonyl (C=O) groups is 3. The molecule has 52 heavy (non-hydrogen) atoms. The fourth-order valence-corrected chi connectivity index (χ4v) is 6.88. The van der Waals surface area contributed by atoms with Crippen molar-refractivity contribution in [2.45, 2.75) is 147 Å². The molecule has 11 nitrogen and oxygen atoms in total. The third-order valence-electron chi connectivity index (χ3n) is 9.24. The van der Waals surface area contributed by atoms with E-state index in [9.17, 15) is 32.6 Å². The topological polar surface area (TPSA) is 141 Å². The number of nitrogens with zero attached hydrogens (tertiary/aromatic N) is 1. The standard InChI is InChI=1S/C38H63F2N2O9P/c1-4-6-8-10-12-14-16-18-20-22-35(44)48-30-33(51-36(45)23-21-19-17-15-13-11-9-7-5-2)31-50-52(46,47)49-27-25-41-34(43)28-32-29-37(32)38(39,40)24-26-42(37)3/h18-21,29,33H,4-17,22-28,30-31H2,1-3H3,(H,41,43)(H,46,47)/b20-18-,21-19-/t33-,37?/m1/s1. The number of alkyl halides is 2. The van der Waals surface area contributed by atoms with Gasteiger partial charge in [-0.3, -0.25) is 28.3 Å². The zero-order chi connectivity index (χ0) is 38.3. The predicted molar refractivity (Wildman–Crippen MR) is 197 cm³/mol. The Labute approximate surface area is 309 Å². The van der Waals surface area contributed by atoms with Gasteiger partial charge in [-0.2, -0.15) is 0 Å². The Hall–Kier alpha value is -2.44. The molecule has 3 atom stereocenters. The number of hydrogen-bond donors (Lipinski definition) is 2. The Morgan fingerprint density at radius 3 is 2.04 bits per heavy atom. The number of carbonyl (C=O) groups excluding carboxylic acids is 3. The van der Waals surface area contributed by atoms with Crippen molar-refractivity contribution in [1.29, 1.82) is 0 Å². The fourth-order valence-electron chi connectivity index (χ4n) is 6.13. The van der Waals surface area contributed by atoms with Crippen LogP contribution in [0.15, 0.2) is 36.0 Å². The van der Waals surface area contributed by atoms with Gasteiger partial charge in [-0.1, -0.05) is 108 Å². The molecule has 0 aromatic carbocycles. The SMILES string of the molecule is CCCCCCCC/C=C\CC(=O)OC[C@H](COP(=O)(O)OCCNC(=O)CC1=CC12N(C)CCC2(F)F)OC(=O)C/C=C\CCCCCCCC. The number of phosphoric acid groups is 1. The summed E-state index contributed by atoms with van der Waals surface area (Å²) in [5.41, 5.74) is -1.14. The van der Waals surface area contributed by atoms with Crippen molar-refractivity contribution in [1.82, 2.24) is 10.2 Å². The number of unbranched alkanes of at least 4 members (excludes halogenated alkanes) is 12. The molecule has 0 aromatic heterocycles. The van der Waals surface area contributed by atoms with Crippen molar-refractivity contribution in [3.8, 4) is 0 Å². The van der Waals surface area contributed by atoms with Crippen LogP contribution < -0.4 is 5.32 Å². The molecular weight excluding hydrogens is 697 g/mol. The third-order valence-corrected chi connectivity index (χ3v) is 10.2. The summed E-state index contributed by atoms with van der Waals surface area (Å²) >= 11 is 0. The van der Waals surface area contributed by atoms with Crippen LogP contribution >= 0.6 is 7.82 Å².